The van der Waals surface area contributed by atoms with E-state index in [1.807, 2.05) is 0 Å². The Morgan fingerprint density at radius 2 is 0.938 bits per heavy atom. The molecular weight excluding hydrogens is 579 g/mol. The zero-order valence-electron chi connectivity index (χ0n) is 29.1. The van der Waals surface area contributed by atoms with Gasteiger partial charge in [0, 0.05) is 17.1 Å². The lowest BCUT2D eigenvalue weighted by Gasteiger charge is -2.30. The molecule has 0 atom stereocenters. The highest BCUT2D eigenvalue weighted by Gasteiger charge is 2.25. The van der Waals surface area contributed by atoms with Crippen molar-refractivity contribution < 1.29 is 0 Å². The van der Waals surface area contributed by atoms with Gasteiger partial charge in [0.15, 0.2) is 0 Å². The molecule has 1 aliphatic rings. The molecule has 0 aliphatic heterocycles. The van der Waals surface area contributed by atoms with E-state index in [2.05, 4.69) is 187 Å². The lowest BCUT2D eigenvalue weighted by atomic mass is 9.77. The summed E-state index contributed by atoms with van der Waals surface area (Å²) < 4.78 is 0. The molecule has 1 nitrogen and oxygen atoms in total. The Hall–Kier alpha value is -5.14. The molecular formula is C47H43N. The van der Waals surface area contributed by atoms with Crippen molar-refractivity contribution in [1.82, 2.24) is 0 Å². The molecule has 0 fully saturated rings. The fourth-order valence-corrected chi connectivity index (χ4v) is 7.25. The van der Waals surface area contributed by atoms with Crippen LogP contribution in [0.2, 0.25) is 0 Å². The monoisotopic (exact) mass is 621 g/mol. The van der Waals surface area contributed by atoms with Gasteiger partial charge < -0.3 is 4.90 Å². The van der Waals surface area contributed by atoms with Gasteiger partial charge in [0.2, 0.25) is 0 Å². The van der Waals surface area contributed by atoms with Gasteiger partial charge in [0.1, 0.15) is 0 Å². The van der Waals surface area contributed by atoms with Crippen LogP contribution in [-0.4, -0.2) is 0 Å². The van der Waals surface area contributed by atoms with E-state index >= 15 is 0 Å². The first-order valence-electron chi connectivity index (χ1n) is 17.2. The normalized spacial score (nSPS) is 12.5. The molecule has 0 N–H and O–H groups in total. The third-order valence-corrected chi connectivity index (χ3v) is 10.2. The van der Waals surface area contributed by atoms with Gasteiger partial charge in [0.25, 0.3) is 0 Å². The standard InChI is InChI=1S/C47H43N/c1-30-11-8-9-14-45(30)48(39-13-10-12-38(29-39)47(5,6)7)40-22-19-34-26-42-41-25-33-16-15-32(31-17-20-37(21-18-31)46(2,3)4)23-35(33)27-43(41)44(42)28-36(34)24-40/h8-29H,1-7H3. The van der Waals surface area contributed by atoms with E-state index in [-0.39, 0.29) is 10.8 Å². The average Bonchev–Trinajstić information content (AvgIpc) is 3.07. The van der Waals surface area contributed by atoms with E-state index in [0.717, 1.165) is 0 Å². The van der Waals surface area contributed by atoms with Crippen molar-refractivity contribution in [3.05, 3.63) is 150 Å². The first-order valence-corrected chi connectivity index (χ1v) is 17.2. The molecule has 7 aromatic carbocycles. The number of hydrogen-bond acceptors (Lipinski definition) is 1. The molecule has 0 heterocycles. The van der Waals surface area contributed by atoms with Crippen molar-refractivity contribution in [3.63, 3.8) is 0 Å². The van der Waals surface area contributed by atoms with Crippen molar-refractivity contribution in [2.24, 2.45) is 0 Å². The third kappa shape index (κ3) is 5.19. The number of hydrogen-bond donors (Lipinski definition) is 0. The third-order valence-electron chi connectivity index (χ3n) is 10.2. The topological polar surface area (TPSA) is 3.24 Å². The van der Waals surface area contributed by atoms with E-state index in [4.69, 9.17) is 0 Å². The van der Waals surface area contributed by atoms with E-state index in [0.29, 0.717) is 0 Å². The van der Waals surface area contributed by atoms with Crippen LogP contribution in [-0.2, 0) is 10.8 Å². The molecule has 0 aromatic heterocycles. The van der Waals surface area contributed by atoms with Crippen LogP contribution < -0.4 is 4.90 Å². The van der Waals surface area contributed by atoms with Crippen molar-refractivity contribution in [2.75, 3.05) is 4.90 Å². The first kappa shape index (κ1) is 30.2. The summed E-state index contributed by atoms with van der Waals surface area (Å²) >= 11 is 0. The summed E-state index contributed by atoms with van der Waals surface area (Å²) in [7, 11) is 0. The van der Waals surface area contributed by atoms with Crippen molar-refractivity contribution in [1.29, 1.82) is 0 Å². The van der Waals surface area contributed by atoms with Crippen LogP contribution in [0, 0.1) is 6.92 Å². The van der Waals surface area contributed by atoms with Crippen LogP contribution in [0.4, 0.5) is 17.1 Å². The highest BCUT2D eigenvalue weighted by molar-refractivity contribution is 6.12. The number of benzene rings is 7. The fourth-order valence-electron chi connectivity index (χ4n) is 7.25. The second-order valence-corrected chi connectivity index (χ2v) is 15.6. The maximum Gasteiger partial charge on any atom is 0.0490 e. The molecule has 0 bridgehead atoms. The summed E-state index contributed by atoms with van der Waals surface area (Å²) in [6.07, 6.45) is 0. The molecule has 1 aliphatic carbocycles. The quantitative estimate of drug-likeness (QED) is 0.189. The summed E-state index contributed by atoms with van der Waals surface area (Å²) in [6, 6.07) is 50.2. The summed E-state index contributed by atoms with van der Waals surface area (Å²) in [5, 5.41) is 5.10. The highest BCUT2D eigenvalue weighted by atomic mass is 15.1. The second kappa shape index (κ2) is 11.0. The van der Waals surface area contributed by atoms with E-state index in [1.54, 1.807) is 0 Å². The van der Waals surface area contributed by atoms with Gasteiger partial charge in [-0.25, -0.2) is 0 Å². The number of aryl methyl sites for hydroxylation is 1. The highest BCUT2D eigenvalue weighted by Crippen LogP contribution is 2.51. The maximum absolute atomic E-state index is 2.42. The smallest absolute Gasteiger partial charge is 0.0490 e. The molecule has 48 heavy (non-hydrogen) atoms. The largest absolute Gasteiger partial charge is 0.310 e. The number of fused-ring (bicyclic) bond motifs is 6. The van der Waals surface area contributed by atoms with Gasteiger partial charge >= 0.3 is 0 Å². The number of para-hydroxylation sites is 1. The summed E-state index contributed by atoms with van der Waals surface area (Å²) in [6.45, 7) is 15.8. The molecule has 8 rings (SSSR count). The van der Waals surface area contributed by atoms with Crippen LogP contribution >= 0.6 is 0 Å². The lowest BCUT2D eigenvalue weighted by molar-refractivity contribution is 0.590. The molecule has 1 heteroatoms. The van der Waals surface area contributed by atoms with Crippen LogP contribution in [0.3, 0.4) is 0 Å². The number of rotatable bonds is 4. The SMILES string of the molecule is Cc1ccccc1N(c1cccc(C(C)(C)C)c1)c1ccc2cc3c(cc2c1)-c1cc2cc(-c4ccc(C(C)(C)C)cc4)ccc2cc1-3. The van der Waals surface area contributed by atoms with Gasteiger partial charge in [-0.1, -0.05) is 114 Å². The Morgan fingerprint density at radius 3 is 1.56 bits per heavy atom. The number of nitrogens with zero attached hydrogens (tertiary/aromatic N) is 1. The predicted octanol–water partition coefficient (Wildman–Crippen LogP) is 13.7. The Labute approximate surface area is 285 Å². The van der Waals surface area contributed by atoms with Crippen LogP contribution in [0.5, 0.6) is 0 Å². The van der Waals surface area contributed by atoms with Crippen LogP contribution in [0.25, 0.3) is 54.9 Å². The average molecular weight is 622 g/mol. The zero-order valence-corrected chi connectivity index (χ0v) is 29.1. The van der Waals surface area contributed by atoms with Crippen LogP contribution in [0.15, 0.2) is 133 Å². The molecule has 0 radical (unpaired) electrons. The molecule has 0 unspecified atom stereocenters. The Morgan fingerprint density at radius 1 is 0.396 bits per heavy atom. The number of anilines is 3. The second-order valence-electron chi connectivity index (χ2n) is 15.6. The lowest BCUT2D eigenvalue weighted by Crippen LogP contribution is -2.15. The van der Waals surface area contributed by atoms with Gasteiger partial charge in [0.05, 0.1) is 0 Å². The summed E-state index contributed by atoms with van der Waals surface area (Å²) in [5.74, 6) is 0. The van der Waals surface area contributed by atoms with Crippen LogP contribution in [0.1, 0.15) is 58.2 Å². The maximum atomic E-state index is 2.42. The predicted molar refractivity (Wildman–Crippen MR) is 208 cm³/mol. The Balaban J connectivity index is 1.20. The van der Waals surface area contributed by atoms with Gasteiger partial charge in [-0.3, -0.25) is 0 Å². The van der Waals surface area contributed by atoms with E-state index < -0.39 is 0 Å². The van der Waals surface area contributed by atoms with E-state index in [1.165, 1.54) is 88.7 Å². The minimum atomic E-state index is 0.0638. The zero-order chi connectivity index (χ0) is 33.4. The molecule has 7 aromatic rings. The minimum Gasteiger partial charge on any atom is -0.310 e. The molecule has 236 valence electrons. The molecule has 0 saturated carbocycles. The summed E-state index contributed by atoms with van der Waals surface area (Å²) in [4.78, 5) is 2.42. The molecule has 0 saturated heterocycles. The fraction of sp³-hybridized carbons (Fsp3) is 0.191. The van der Waals surface area contributed by atoms with Crippen molar-refractivity contribution in [2.45, 2.75) is 59.3 Å². The molecule has 0 spiro atoms. The Bertz CT molecular complexity index is 2360. The minimum absolute atomic E-state index is 0.0638. The van der Waals surface area contributed by atoms with E-state index in [9.17, 15) is 0 Å². The van der Waals surface area contributed by atoms with Gasteiger partial charge in [-0.05, 0) is 150 Å². The van der Waals surface area contributed by atoms with Gasteiger partial charge in [-0.2, -0.15) is 0 Å². The summed E-state index contributed by atoms with van der Waals surface area (Å²) in [5.41, 5.74) is 15.6. The first-order chi connectivity index (χ1) is 22.9. The Kier molecular flexibility index (Phi) is 6.90. The van der Waals surface area contributed by atoms with Crippen molar-refractivity contribution in [3.8, 4) is 33.4 Å². The van der Waals surface area contributed by atoms with Crippen molar-refractivity contribution >= 4 is 38.6 Å². The van der Waals surface area contributed by atoms with Gasteiger partial charge in [-0.15, -0.1) is 0 Å². The molecule has 0 amide bonds.